The highest BCUT2D eigenvalue weighted by atomic mass is 32.2. The van der Waals surface area contributed by atoms with Crippen LogP contribution in [-0.4, -0.2) is 58.8 Å². The number of hydrogen-bond donors (Lipinski definition) is 1. The van der Waals surface area contributed by atoms with Gasteiger partial charge in [-0.15, -0.1) is 0 Å². The average molecular weight is 655 g/mol. The lowest BCUT2D eigenvalue weighted by atomic mass is 10.3. The zero-order valence-electron chi connectivity index (χ0n) is 24.8. The number of carboxylic acid groups (broad SMARTS) is 1. The Morgan fingerprint density at radius 3 is 1.54 bits per heavy atom. The molecule has 0 aliphatic rings. The van der Waals surface area contributed by atoms with Gasteiger partial charge in [-0.2, -0.15) is 0 Å². The molecule has 0 aliphatic heterocycles. The van der Waals surface area contributed by atoms with Gasteiger partial charge in [0, 0.05) is 12.1 Å². The first-order chi connectivity index (χ1) is 22.3. The third-order valence-corrected chi connectivity index (χ3v) is 6.95. The van der Waals surface area contributed by atoms with Crippen LogP contribution < -0.4 is 18.9 Å². The van der Waals surface area contributed by atoms with Crippen LogP contribution >= 0.6 is 12.1 Å². The molecule has 0 aliphatic carbocycles. The summed E-state index contributed by atoms with van der Waals surface area (Å²) in [5, 5.41) is 9.79. The molecule has 0 bridgehead atoms. The van der Waals surface area contributed by atoms with Crippen LogP contribution in [0.5, 0.6) is 34.5 Å². The average Bonchev–Trinajstić information content (AvgIpc) is 3.04. The minimum Gasteiger partial charge on any atom is -0.492 e. The van der Waals surface area contributed by atoms with Crippen LogP contribution in [0.15, 0.2) is 97.1 Å². The summed E-state index contributed by atoms with van der Waals surface area (Å²) in [5.41, 5.74) is 0. The fourth-order valence-electron chi connectivity index (χ4n) is 3.75. The lowest BCUT2D eigenvalue weighted by molar-refractivity contribution is 0.122. The fourth-order valence-corrected chi connectivity index (χ4v) is 4.49. The first kappa shape index (κ1) is 33.7. The van der Waals surface area contributed by atoms with E-state index in [1.165, 1.54) is 24.3 Å². The van der Waals surface area contributed by atoms with E-state index in [4.69, 9.17) is 23.7 Å². The molecule has 0 saturated heterocycles. The van der Waals surface area contributed by atoms with E-state index in [-0.39, 0.29) is 32.9 Å². The fraction of sp³-hybridized carbons (Fsp3) is 0.212. The van der Waals surface area contributed by atoms with Crippen LogP contribution in [-0.2, 0) is 4.74 Å². The third-order valence-electron chi connectivity index (χ3n) is 5.88. The van der Waals surface area contributed by atoms with Crippen molar-refractivity contribution in [1.29, 1.82) is 0 Å². The van der Waals surface area contributed by atoms with Crippen molar-refractivity contribution in [3.63, 3.8) is 0 Å². The normalized spacial score (nSPS) is 10.5. The number of nitrogens with zero attached hydrogens (tertiary/aromatic N) is 2. The van der Waals surface area contributed by atoms with Crippen molar-refractivity contribution in [1.82, 2.24) is 8.61 Å². The molecule has 0 aromatic heterocycles. The van der Waals surface area contributed by atoms with Gasteiger partial charge in [-0.1, -0.05) is 19.1 Å². The molecule has 10 nitrogen and oxygen atoms in total. The number of hydrogen-bond acceptors (Lipinski definition) is 8. The van der Waals surface area contributed by atoms with Crippen molar-refractivity contribution in [2.24, 2.45) is 0 Å². The van der Waals surface area contributed by atoms with Crippen molar-refractivity contribution in [2.75, 3.05) is 32.9 Å². The van der Waals surface area contributed by atoms with Crippen molar-refractivity contribution in [2.45, 2.75) is 13.3 Å². The molecule has 0 heterocycles. The Kier molecular flexibility index (Phi) is 12.7. The van der Waals surface area contributed by atoms with Crippen LogP contribution in [0, 0.1) is 11.6 Å². The van der Waals surface area contributed by atoms with Crippen molar-refractivity contribution >= 4 is 24.3 Å². The maximum absolute atomic E-state index is 13.4. The Labute approximate surface area is 269 Å². The highest BCUT2D eigenvalue weighted by molar-refractivity contribution is 7.95. The van der Waals surface area contributed by atoms with E-state index in [1.807, 2.05) is 6.92 Å². The van der Waals surface area contributed by atoms with Crippen molar-refractivity contribution < 1.29 is 47.2 Å². The van der Waals surface area contributed by atoms with Crippen LogP contribution in [0.2, 0.25) is 0 Å². The molecule has 1 N–H and O–H groups in total. The Bertz CT molecular complexity index is 1560. The SMILES string of the molecule is CCCOC(=O)N(CCOc1ccc(Oc2cccc(F)c2)cc1)SN(CCOc1ccc(Oc2cccc(F)c2)cc1)C(=O)O. The smallest absolute Gasteiger partial charge is 0.421 e. The molecule has 0 spiro atoms. The van der Waals surface area contributed by atoms with Gasteiger partial charge in [-0.3, -0.25) is 0 Å². The standard InChI is InChI=1S/C33H32F2N2O8S/c1-2-19-43-33(40)37(18-21-42-27-11-15-29(16-12-27)45-31-8-4-6-25(35)23-31)46-36(32(38)39)17-20-41-26-9-13-28(14-10-26)44-30-7-3-5-24(34)22-30/h3-16,22-23H,2,17-21H2,1H3,(H,38,39). The third kappa shape index (κ3) is 11.1. The Balaban J connectivity index is 1.27. The molecule has 0 saturated carbocycles. The molecule has 4 aromatic carbocycles. The van der Waals surface area contributed by atoms with Gasteiger partial charge in [0.1, 0.15) is 59.3 Å². The highest BCUT2D eigenvalue weighted by Gasteiger charge is 2.24. The second-order valence-corrected chi connectivity index (χ2v) is 10.5. The number of benzene rings is 4. The molecule has 46 heavy (non-hydrogen) atoms. The van der Waals surface area contributed by atoms with Gasteiger partial charge in [0.25, 0.3) is 0 Å². The summed E-state index contributed by atoms with van der Waals surface area (Å²) >= 11 is 0.668. The van der Waals surface area contributed by atoms with Gasteiger partial charge >= 0.3 is 12.2 Å². The van der Waals surface area contributed by atoms with E-state index in [0.29, 0.717) is 53.1 Å². The quantitative estimate of drug-likeness (QED) is 0.119. The molecule has 0 unspecified atom stereocenters. The molecule has 0 atom stereocenters. The Morgan fingerprint density at radius 2 is 1.11 bits per heavy atom. The van der Waals surface area contributed by atoms with E-state index < -0.39 is 23.8 Å². The van der Waals surface area contributed by atoms with Crippen molar-refractivity contribution in [3.8, 4) is 34.5 Å². The molecule has 0 fully saturated rings. The van der Waals surface area contributed by atoms with Crippen LogP contribution in [0.4, 0.5) is 18.4 Å². The summed E-state index contributed by atoms with van der Waals surface area (Å²) in [6, 6.07) is 24.7. The molecular weight excluding hydrogens is 622 g/mol. The summed E-state index contributed by atoms with van der Waals surface area (Å²) in [6.07, 6.45) is -1.40. The summed E-state index contributed by atoms with van der Waals surface area (Å²) in [6.45, 7) is 1.96. The second-order valence-electron chi connectivity index (χ2n) is 9.44. The van der Waals surface area contributed by atoms with Gasteiger partial charge in [-0.25, -0.2) is 27.0 Å². The van der Waals surface area contributed by atoms with Gasteiger partial charge in [0.15, 0.2) is 0 Å². The molecular formula is C33H32F2N2O8S. The van der Waals surface area contributed by atoms with Gasteiger partial charge in [0.2, 0.25) is 0 Å². The maximum Gasteiger partial charge on any atom is 0.421 e. The zero-order valence-corrected chi connectivity index (χ0v) is 25.7. The number of amides is 2. The van der Waals surface area contributed by atoms with E-state index in [0.717, 1.165) is 8.61 Å². The second kappa shape index (κ2) is 17.4. The van der Waals surface area contributed by atoms with Gasteiger partial charge < -0.3 is 28.8 Å². The largest absolute Gasteiger partial charge is 0.492 e. The predicted molar refractivity (Wildman–Crippen MR) is 167 cm³/mol. The number of ether oxygens (including phenoxy) is 5. The molecule has 2 amide bonds. The number of carbonyl (C=O) groups is 2. The van der Waals surface area contributed by atoms with Crippen LogP contribution in [0.1, 0.15) is 13.3 Å². The molecule has 0 radical (unpaired) electrons. The number of rotatable bonds is 16. The number of halogens is 2. The van der Waals surface area contributed by atoms with Gasteiger partial charge in [-0.05, 0) is 79.2 Å². The van der Waals surface area contributed by atoms with E-state index in [9.17, 15) is 23.5 Å². The summed E-state index contributed by atoms with van der Waals surface area (Å²) in [4.78, 5) is 24.7. The lowest BCUT2D eigenvalue weighted by Crippen LogP contribution is -2.37. The zero-order chi connectivity index (χ0) is 32.7. The maximum atomic E-state index is 13.4. The van der Waals surface area contributed by atoms with Crippen LogP contribution in [0.3, 0.4) is 0 Å². The first-order valence-corrected chi connectivity index (χ1v) is 15.0. The highest BCUT2D eigenvalue weighted by Crippen LogP contribution is 2.26. The van der Waals surface area contributed by atoms with E-state index in [2.05, 4.69) is 0 Å². The Hall–Kier alpha value is -5.17. The first-order valence-electron chi connectivity index (χ1n) is 14.2. The summed E-state index contributed by atoms with van der Waals surface area (Å²) in [7, 11) is 0. The molecule has 4 aromatic rings. The monoisotopic (exact) mass is 654 g/mol. The van der Waals surface area contributed by atoms with E-state index in [1.54, 1.807) is 72.8 Å². The van der Waals surface area contributed by atoms with Crippen molar-refractivity contribution in [3.05, 3.63) is 109 Å². The molecule has 242 valence electrons. The Morgan fingerprint density at radius 1 is 0.652 bits per heavy atom. The predicted octanol–water partition coefficient (Wildman–Crippen LogP) is 8.40. The van der Waals surface area contributed by atoms with E-state index >= 15 is 0 Å². The molecule has 4 rings (SSSR count). The lowest BCUT2D eigenvalue weighted by Gasteiger charge is -2.26. The minimum absolute atomic E-state index is 0.00612. The summed E-state index contributed by atoms with van der Waals surface area (Å²) < 4.78 is 56.8. The molecule has 13 heteroatoms. The summed E-state index contributed by atoms with van der Waals surface area (Å²) in [5.74, 6) is 1.76. The minimum atomic E-state index is -1.28. The number of carbonyl (C=O) groups excluding carboxylic acids is 1. The topological polar surface area (TPSA) is 107 Å². The van der Waals surface area contributed by atoms with Gasteiger partial charge in [0.05, 0.1) is 31.8 Å². The van der Waals surface area contributed by atoms with Crippen LogP contribution in [0.25, 0.3) is 0 Å².